The summed E-state index contributed by atoms with van der Waals surface area (Å²) in [6.45, 7) is 3.26. The van der Waals surface area contributed by atoms with Crippen molar-refractivity contribution in [1.29, 1.82) is 0 Å². The highest BCUT2D eigenvalue weighted by Crippen LogP contribution is 2.14. The van der Waals surface area contributed by atoms with Crippen LogP contribution in [0, 0.1) is 12.7 Å². The Bertz CT molecular complexity index is 634. The zero-order valence-electron chi connectivity index (χ0n) is 11.3. The molecule has 3 nitrogen and oxygen atoms in total. The van der Waals surface area contributed by atoms with E-state index in [9.17, 15) is 9.18 Å². The minimum absolute atomic E-state index is 0.0249. The lowest BCUT2D eigenvalue weighted by Crippen LogP contribution is -2.13. The predicted molar refractivity (Wildman–Crippen MR) is 74.0 cm³/mol. The summed E-state index contributed by atoms with van der Waals surface area (Å²) in [6, 6.07) is 4.32. The molecule has 0 aliphatic rings. The maximum absolute atomic E-state index is 13.4. The molecule has 0 atom stereocenters. The molecule has 0 N–H and O–H groups in total. The smallest absolute Gasteiger partial charge is 0.192 e. The first-order valence-corrected chi connectivity index (χ1v) is 6.41. The van der Waals surface area contributed by atoms with Crippen LogP contribution in [0.1, 0.15) is 18.4 Å². The molecular weight excluding hydrogens is 245 g/mol. The Labute approximate surface area is 111 Å². The highest BCUT2D eigenvalue weighted by molar-refractivity contribution is 5.79. The number of aromatic nitrogens is 1. The zero-order valence-corrected chi connectivity index (χ0v) is 11.3. The van der Waals surface area contributed by atoms with Crippen LogP contribution in [0.25, 0.3) is 10.9 Å². The summed E-state index contributed by atoms with van der Waals surface area (Å²) < 4.78 is 20.3. The predicted octanol–water partition coefficient (Wildman–Crippen LogP) is 2.88. The molecule has 1 aromatic heterocycles. The average Bonchev–Trinajstić information content (AvgIpc) is 2.40. The summed E-state index contributed by atoms with van der Waals surface area (Å²) in [5.74, 6) is -0.318. The Morgan fingerprint density at radius 3 is 2.84 bits per heavy atom. The summed E-state index contributed by atoms with van der Waals surface area (Å²) in [5.41, 5.74) is 1.32. The van der Waals surface area contributed by atoms with Gasteiger partial charge < -0.3 is 9.30 Å². The highest BCUT2D eigenvalue weighted by Gasteiger charge is 2.07. The van der Waals surface area contributed by atoms with Crippen LogP contribution in [0.5, 0.6) is 0 Å². The Hall–Kier alpha value is -1.68. The number of halogens is 1. The molecule has 0 unspecified atom stereocenters. The van der Waals surface area contributed by atoms with Crippen molar-refractivity contribution in [3.63, 3.8) is 0 Å². The third kappa shape index (κ3) is 3.01. The van der Waals surface area contributed by atoms with Crippen molar-refractivity contribution in [2.45, 2.75) is 26.3 Å². The second kappa shape index (κ2) is 5.97. The van der Waals surface area contributed by atoms with Gasteiger partial charge in [-0.05, 0) is 38.0 Å². The van der Waals surface area contributed by atoms with Crippen LogP contribution in [0.3, 0.4) is 0 Å². The molecule has 0 radical (unpaired) electrons. The van der Waals surface area contributed by atoms with Crippen molar-refractivity contribution in [3.8, 4) is 0 Å². The van der Waals surface area contributed by atoms with Gasteiger partial charge in [0, 0.05) is 37.4 Å². The van der Waals surface area contributed by atoms with E-state index in [2.05, 4.69) is 0 Å². The van der Waals surface area contributed by atoms with Crippen LogP contribution in [-0.4, -0.2) is 18.3 Å². The maximum Gasteiger partial charge on any atom is 0.192 e. The number of rotatable bonds is 5. The second-order valence-corrected chi connectivity index (χ2v) is 4.70. The molecule has 0 aliphatic heterocycles. The highest BCUT2D eigenvalue weighted by atomic mass is 19.1. The molecule has 0 bridgehead atoms. The molecule has 0 aliphatic carbocycles. The maximum atomic E-state index is 13.4. The minimum atomic E-state index is -0.318. The normalized spacial score (nSPS) is 11.1. The standard InChI is InChI=1S/C15H18FNO2/c1-11-10-17(7-3-4-8-19-2)14-9-12(16)5-6-13(14)15(11)18/h5-6,9-10H,3-4,7-8H2,1-2H3. The fourth-order valence-corrected chi connectivity index (χ4v) is 2.22. The van der Waals surface area contributed by atoms with Gasteiger partial charge in [0.1, 0.15) is 5.82 Å². The van der Waals surface area contributed by atoms with E-state index in [0.29, 0.717) is 23.1 Å². The third-order valence-electron chi connectivity index (χ3n) is 3.22. The largest absolute Gasteiger partial charge is 0.385 e. The van der Waals surface area contributed by atoms with Gasteiger partial charge in [0.25, 0.3) is 0 Å². The van der Waals surface area contributed by atoms with Crippen LogP contribution in [-0.2, 0) is 11.3 Å². The van der Waals surface area contributed by atoms with E-state index in [0.717, 1.165) is 19.4 Å². The van der Waals surface area contributed by atoms with Crippen molar-refractivity contribution < 1.29 is 9.13 Å². The quantitative estimate of drug-likeness (QED) is 0.777. The van der Waals surface area contributed by atoms with Gasteiger partial charge in [-0.2, -0.15) is 0 Å². The van der Waals surface area contributed by atoms with Crippen molar-refractivity contribution in [2.24, 2.45) is 0 Å². The topological polar surface area (TPSA) is 31.2 Å². The van der Waals surface area contributed by atoms with Gasteiger partial charge in [0.05, 0.1) is 5.52 Å². The molecule has 2 rings (SSSR count). The molecule has 2 aromatic rings. The Kier molecular flexibility index (Phi) is 4.32. The van der Waals surface area contributed by atoms with E-state index in [-0.39, 0.29) is 11.2 Å². The Morgan fingerprint density at radius 2 is 2.11 bits per heavy atom. The zero-order chi connectivity index (χ0) is 13.8. The number of aryl methyl sites for hydroxylation is 2. The number of hydrogen-bond acceptors (Lipinski definition) is 2. The molecule has 102 valence electrons. The molecule has 0 fully saturated rings. The summed E-state index contributed by atoms with van der Waals surface area (Å²) >= 11 is 0. The second-order valence-electron chi connectivity index (χ2n) is 4.70. The monoisotopic (exact) mass is 263 g/mol. The first-order valence-electron chi connectivity index (χ1n) is 6.41. The number of methoxy groups -OCH3 is 1. The van der Waals surface area contributed by atoms with Gasteiger partial charge in [0.2, 0.25) is 0 Å². The number of unbranched alkanes of at least 4 members (excludes halogenated alkanes) is 1. The number of hydrogen-bond donors (Lipinski definition) is 0. The molecule has 19 heavy (non-hydrogen) atoms. The van der Waals surface area contributed by atoms with Gasteiger partial charge in [-0.15, -0.1) is 0 Å². The molecular formula is C15H18FNO2. The average molecular weight is 263 g/mol. The van der Waals surface area contributed by atoms with Crippen molar-refractivity contribution >= 4 is 10.9 Å². The molecule has 0 amide bonds. The van der Waals surface area contributed by atoms with Gasteiger partial charge in [-0.3, -0.25) is 4.79 Å². The fourth-order valence-electron chi connectivity index (χ4n) is 2.22. The van der Waals surface area contributed by atoms with E-state index < -0.39 is 0 Å². The van der Waals surface area contributed by atoms with Crippen molar-refractivity contribution in [2.75, 3.05) is 13.7 Å². The number of fused-ring (bicyclic) bond motifs is 1. The van der Waals surface area contributed by atoms with Crippen LogP contribution in [0.4, 0.5) is 4.39 Å². The van der Waals surface area contributed by atoms with Gasteiger partial charge >= 0.3 is 0 Å². The van der Waals surface area contributed by atoms with E-state index in [4.69, 9.17) is 4.74 Å². The molecule has 0 spiro atoms. The molecule has 0 saturated heterocycles. The first-order chi connectivity index (χ1) is 9.13. The SMILES string of the molecule is COCCCCn1cc(C)c(=O)c2ccc(F)cc21. The molecule has 4 heteroatoms. The van der Waals surface area contributed by atoms with Crippen molar-refractivity contribution in [3.05, 3.63) is 46.0 Å². The van der Waals surface area contributed by atoms with Gasteiger partial charge in [0.15, 0.2) is 5.43 Å². The Morgan fingerprint density at radius 1 is 1.32 bits per heavy atom. The summed E-state index contributed by atoms with van der Waals surface area (Å²) in [5, 5.41) is 0.577. The minimum Gasteiger partial charge on any atom is -0.385 e. The van der Waals surface area contributed by atoms with Gasteiger partial charge in [-0.25, -0.2) is 4.39 Å². The summed E-state index contributed by atoms with van der Waals surface area (Å²) in [6.07, 6.45) is 3.68. The number of benzene rings is 1. The first kappa shape index (κ1) is 13.7. The van der Waals surface area contributed by atoms with Gasteiger partial charge in [-0.1, -0.05) is 0 Å². The summed E-state index contributed by atoms with van der Waals surface area (Å²) in [4.78, 5) is 12.0. The van der Waals surface area contributed by atoms with Crippen LogP contribution < -0.4 is 5.43 Å². The van der Waals surface area contributed by atoms with E-state index in [1.165, 1.54) is 12.1 Å². The number of nitrogens with zero attached hydrogens (tertiary/aromatic N) is 1. The Balaban J connectivity index is 2.39. The lowest BCUT2D eigenvalue weighted by molar-refractivity contribution is 0.191. The lowest BCUT2D eigenvalue weighted by Gasteiger charge is -2.12. The van der Waals surface area contributed by atoms with Crippen LogP contribution >= 0.6 is 0 Å². The van der Waals surface area contributed by atoms with E-state index >= 15 is 0 Å². The molecule has 0 saturated carbocycles. The van der Waals surface area contributed by atoms with Crippen LogP contribution in [0.15, 0.2) is 29.2 Å². The number of pyridine rings is 1. The molecule has 1 aromatic carbocycles. The van der Waals surface area contributed by atoms with E-state index in [1.54, 1.807) is 26.3 Å². The van der Waals surface area contributed by atoms with Crippen LogP contribution in [0.2, 0.25) is 0 Å². The van der Waals surface area contributed by atoms with E-state index in [1.807, 2.05) is 4.57 Å². The lowest BCUT2D eigenvalue weighted by atomic mass is 10.1. The van der Waals surface area contributed by atoms with Crippen molar-refractivity contribution in [1.82, 2.24) is 4.57 Å². The summed E-state index contributed by atoms with van der Waals surface area (Å²) in [7, 11) is 1.67. The number of ether oxygens (including phenoxy) is 1. The molecule has 1 heterocycles. The fraction of sp³-hybridized carbons (Fsp3) is 0.400. The third-order valence-corrected chi connectivity index (χ3v) is 3.22.